The molecule has 1 aliphatic rings. The first-order valence-electron chi connectivity index (χ1n) is 4.39. The molecule has 11 heavy (non-hydrogen) atoms. The van der Waals surface area contributed by atoms with Crippen molar-refractivity contribution in [3.8, 4) is 0 Å². The van der Waals surface area contributed by atoms with Crippen LogP contribution in [-0.2, 0) is 4.79 Å². The molecule has 0 saturated heterocycles. The fourth-order valence-electron chi connectivity index (χ4n) is 2.01. The average molecular weight is 155 g/mol. The first-order valence-corrected chi connectivity index (χ1v) is 4.39. The molecule has 0 aromatic carbocycles. The van der Waals surface area contributed by atoms with Crippen LogP contribution >= 0.6 is 0 Å². The number of carbonyl (C=O) groups excluding carboxylic acids is 1. The minimum Gasteiger partial charge on any atom is -0.370 e. The largest absolute Gasteiger partial charge is 0.370 e. The fraction of sp³-hybridized carbons (Fsp3) is 0.889. The highest BCUT2D eigenvalue weighted by Gasteiger charge is 2.30. The number of hydrogen-bond donors (Lipinski definition) is 1. The van der Waals surface area contributed by atoms with Crippen molar-refractivity contribution in [2.24, 2.45) is 23.5 Å². The van der Waals surface area contributed by atoms with E-state index >= 15 is 0 Å². The van der Waals surface area contributed by atoms with E-state index in [1.54, 1.807) is 0 Å². The Labute approximate surface area is 68.2 Å². The van der Waals surface area contributed by atoms with Gasteiger partial charge in [-0.3, -0.25) is 4.79 Å². The Morgan fingerprint density at radius 2 is 2.09 bits per heavy atom. The van der Waals surface area contributed by atoms with Crippen molar-refractivity contribution in [1.82, 2.24) is 0 Å². The second kappa shape index (κ2) is 3.24. The zero-order valence-electron chi connectivity index (χ0n) is 7.34. The Hall–Kier alpha value is -0.530. The SMILES string of the molecule is CC1CCC(CC(N)=O)C1C. The molecular weight excluding hydrogens is 138 g/mol. The highest BCUT2D eigenvalue weighted by molar-refractivity contribution is 5.74. The third-order valence-corrected chi connectivity index (χ3v) is 3.10. The van der Waals surface area contributed by atoms with Crippen LogP contribution in [0.3, 0.4) is 0 Å². The number of nitrogens with two attached hydrogens (primary N) is 1. The van der Waals surface area contributed by atoms with Crippen LogP contribution in [0.1, 0.15) is 33.1 Å². The average Bonchev–Trinajstić information content (AvgIpc) is 2.18. The summed E-state index contributed by atoms with van der Waals surface area (Å²) in [5.74, 6) is 1.88. The van der Waals surface area contributed by atoms with Gasteiger partial charge in [-0.05, 0) is 24.2 Å². The Morgan fingerprint density at radius 1 is 1.45 bits per heavy atom. The molecule has 1 saturated carbocycles. The molecule has 0 aromatic heterocycles. The van der Waals surface area contributed by atoms with Crippen LogP contribution in [0.4, 0.5) is 0 Å². The Kier molecular flexibility index (Phi) is 2.53. The summed E-state index contributed by atoms with van der Waals surface area (Å²) in [6, 6.07) is 0. The molecule has 64 valence electrons. The molecule has 0 radical (unpaired) electrons. The van der Waals surface area contributed by atoms with E-state index in [0.717, 1.165) is 5.92 Å². The van der Waals surface area contributed by atoms with Crippen molar-refractivity contribution in [3.63, 3.8) is 0 Å². The number of rotatable bonds is 2. The molecular formula is C9H17NO. The minimum atomic E-state index is -0.143. The van der Waals surface area contributed by atoms with Crippen LogP contribution in [0, 0.1) is 17.8 Å². The zero-order chi connectivity index (χ0) is 8.43. The summed E-state index contributed by atoms with van der Waals surface area (Å²) < 4.78 is 0. The van der Waals surface area contributed by atoms with Gasteiger partial charge < -0.3 is 5.73 Å². The second-order valence-electron chi connectivity index (χ2n) is 3.84. The lowest BCUT2D eigenvalue weighted by Crippen LogP contribution is -2.19. The molecule has 3 unspecified atom stereocenters. The molecule has 3 atom stereocenters. The van der Waals surface area contributed by atoms with Gasteiger partial charge in [-0.25, -0.2) is 0 Å². The van der Waals surface area contributed by atoms with Crippen molar-refractivity contribution < 1.29 is 4.79 Å². The van der Waals surface area contributed by atoms with Gasteiger partial charge in [0.1, 0.15) is 0 Å². The highest BCUT2D eigenvalue weighted by atomic mass is 16.1. The number of hydrogen-bond acceptors (Lipinski definition) is 1. The van der Waals surface area contributed by atoms with Crippen molar-refractivity contribution in [1.29, 1.82) is 0 Å². The van der Waals surface area contributed by atoms with Gasteiger partial charge >= 0.3 is 0 Å². The molecule has 1 rings (SSSR count). The molecule has 2 nitrogen and oxygen atoms in total. The number of primary amides is 1. The maximum absolute atomic E-state index is 10.6. The van der Waals surface area contributed by atoms with E-state index in [2.05, 4.69) is 13.8 Å². The topological polar surface area (TPSA) is 43.1 Å². The molecule has 0 aromatic rings. The monoisotopic (exact) mass is 155 g/mol. The van der Waals surface area contributed by atoms with E-state index in [9.17, 15) is 4.79 Å². The smallest absolute Gasteiger partial charge is 0.217 e. The summed E-state index contributed by atoms with van der Waals surface area (Å²) in [6.07, 6.45) is 3.04. The van der Waals surface area contributed by atoms with Crippen LogP contribution in [0.2, 0.25) is 0 Å². The van der Waals surface area contributed by atoms with Crippen molar-refractivity contribution >= 4 is 5.91 Å². The van der Waals surface area contributed by atoms with E-state index in [0.29, 0.717) is 18.3 Å². The Morgan fingerprint density at radius 3 is 2.45 bits per heavy atom. The van der Waals surface area contributed by atoms with Crippen molar-refractivity contribution in [2.75, 3.05) is 0 Å². The summed E-state index contributed by atoms with van der Waals surface area (Å²) in [4.78, 5) is 10.6. The highest BCUT2D eigenvalue weighted by Crippen LogP contribution is 2.37. The van der Waals surface area contributed by atoms with Crippen LogP contribution in [-0.4, -0.2) is 5.91 Å². The first kappa shape index (κ1) is 8.57. The number of amides is 1. The molecule has 0 bridgehead atoms. The van der Waals surface area contributed by atoms with Gasteiger partial charge in [0.15, 0.2) is 0 Å². The molecule has 1 aliphatic carbocycles. The van der Waals surface area contributed by atoms with Gasteiger partial charge in [0.25, 0.3) is 0 Å². The molecule has 0 aliphatic heterocycles. The fourth-order valence-corrected chi connectivity index (χ4v) is 2.01. The summed E-state index contributed by atoms with van der Waals surface area (Å²) in [7, 11) is 0. The van der Waals surface area contributed by atoms with E-state index in [1.807, 2.05) is 0 Å². The lowest BCUT2D eigenvalue weighted by molar-refractivity contribution is -0.119. The first-order chi connectivity index (χ1) is 5.11. The third-order valence-electron chi connectivity index (χ3n) is 3.10. The van der Waals surface area contributed by atoms with E-state index < -0.39 is 0 Å². The van der Waals surface area contributed by atoms with Gasteiger partial charge in [0.2, 0.25) is 5.91 Å². The van der Waals surface area contributed by atoms with Crippen LogP contribution in [0.15, 0.2) is 0 Å². The molecule has 2 heteroatoms. The standard InChI is InChI=1S/C9H17NO/c1-6-3-4-8(7(6)2)5-9(10)11/h6-8H,3-5H2,1-2H3,(H2,10,11). The third kappa shape index (κ3) is 1.95. The lowest BCUT2D eigenvalue weighted by Gasteiger charge is -2.15. The molecule has 2 N–H and O–H groups in total. The van der Waals surface area contributed by atoms with Gasteiger partial charge in [-0.2, -0.15) is 0 Å². The molecule has 1 fully saturated rings. The predicted molar refractivity (Wildman–Crippen MR) is 44.9 cm³/mol. The van der Waals surface area contributed by atoms with Gasteiger partial charge in [-0.15, -0.1) is 0 Å². The van der Waals surface area contributed by atoms with Gasteiger partial charge in [0.05, 0.1) is 0 Å². The molecule has 0 spiro atoms. The van der Waals surface area contributed by atoms with E-state index in [4.69, 9.17) is 5.73 Å². The summed E-state index contributed by atoms with van der Waals surface area (Å²) in [5.41, 5.74) is 5.14. The minimum absolute atomic E-state index is 0.143. The molecule has 1 amide bonds. The van der Waals surface area contributed by atoms with E-state index in [-0.39, 0.29) is 5.91 Å². The van der Waals surface area contributed by atoms with Crippen LogP contribution in [0.5, 0.6) is 0 Å². The Bertz CT molecular complexity index is 156. The second-order valence-corrected chi connectivity index (χ2v) is 3.84. The maximum Gasteiger partial charge on any atom is 0.217 e. The predicted octanol–water partition coefficient (Wildman–Crippen LogP) is 1.54. The van der Waals surface area contributed by atoms with E-state index in [1.165, 1.54) is 12.8 Å². The normalized spacial score (nSPS) is 37.5. The molecule has 0 heterocycles. The van der Waals surface area contributed by atoms with Crippen LogP contribution < -0.4 is 5.73 Å². The summed E-state index contributed by atoms with van der Waals surface area (Å²) >= 11 is 0. The van der Waals surface area contributed by atoms with Gasteiger partial charge in [0, 0.05) is 6.42 Å². The van der Waals surface area contributed by atoms with Crippen molar-refractivity contribution in [3.05, 3.63) is 0 Å². The van der Waals surface area contributed by atoms with Gasteiger partial charge in [-0.1, -0.05) is 20.3 Å². The maximum atomic E-state index is 10.6. The quantitative estimate of drug-likeness (QED) is 0.646. The summed E-state index contributed by atoms with van der Waals surface area (Å²) in [5, 5.41) is 0. The Balaban J connectivity index is 2.42. The lowest BCUT2D eigenvalue weighted by atomic mass is 9.90. The van der Waals surface area contributed by atoms with Crippen molar-refractivity contribution in [2.45, 2.75) is 33.1 Å². The van der Waals surface area contributed by atoms with Crippen LogP contribution in [0.25, 0.3) is 0 Å². The number of carbonyl (C=O) groups is 1. The zero-order valence-corrected chi connectivity index (χ0v) is 7.34. The summed E-state index contributed by atoms with van der Waals surface area (Å²) in [6.45, 7) is 4.48.